The average molecular weight is 362 g/mol. The number of aryl methyl sites for hydroxylation is 1. The number of amides is 2. The summed E-state index contributed by atoms with van der Waals surface area (Å²) in [6, 6.07) is 15.7. The van der Waals surface area contributed by atoms with Crippen LogP contribution in [0.3, 0.4) is 0 Å². The van der Waals surface area contributed by atoms with Crippen molar-refractivity contribution in [1.82, 2.24) is 10.2 Å². The number of likely N-dealkylation sites (tertiary alicyclic amines) is 1. The van der Waals surface area contributed by atoms with Gasteiger partial charge in [0.05, 0.1) is 11.6 Å². The topological polar surface area (TPSA) is 62.6 Å². The minimum absolute atomic E-state index is 0.0649. The fourth-order valence-corrected chi connectivity index (χ4v) is 3.84. The van der Waals surface area contributed by atoms with E-state index in [2.05, 4.69) is 29.6 Å². The molecular weight excluding hydrogens is 340 g/mol. The van der Waals surface area contributed by atoms with E-state index in [4.69, 9.17) is 4.42 Å². The Labute approximate surface area is 158 Å². The van der Waals surface area contributed by atoms with Crippen molar-refractivity contribution in [3.8, 4) is 0 Å². The van der Waals surface area contributed by atoms with E-state index in [1.807, 2.05) is 36.1 Å². The van der Waals surface area contributed by atoms with Crippen LogP contribution in [0.25, 0.3) is 11.0 Å². The van der Waals surface area contributed by atoms with Crippen LogP contribution in [-0.4, -0.2) is 35.8 Å². The normalized spacial score (nSPS) is 19.4. The Morgan fingerprint density at radius 2 is 1.81 bits per heavy atom. The molecule has 0 saturated carbocycles. The molecule has 5 heteroatoms. The third-order valence-corrected chi connectivity index (χ3v) is 5.21. The van der Waals surface area contributed by atoms with Gasteiger partial charge in [0.1, 0.15) is 11.8 Å². The maximum Gasteiger partial charge on any atom is 0.257 e. The van der Waals surface area contributed by atoms with E-state index in [1.54, 1.807) is 0 Å². The molecule has 4 rings (SSSR count). The second-order valence-corrected chi connectivity index (χ2v) is 7.18. The molecule has 2 aromatic carbocycles. The van der Waals surface area contributed by atoms with E-state index in [1.165, 1.54) is 18.8 Å². The van der Waals surface area contributed by atoms with Crippen LogP contribution in [0.15, 0.2) is 59.2 Å². The SMILES string of the molecule is CC(=O)NC1CN(C(=O)c2coc3ccccc23)CC1c1ccc(C)cc1. The van der Waals surface area contributed by atoms with Gasteiger partial charge in [-0.25, -0.2) is 0 Å². The standard InChI is InChI=1S/C22H22N2O3/c1-14-7-9-16(10-8-14)18-11-24(12-20(18)23-15(2)25)22(26)19-13-27-21-6-4-3-5-17(19)21/h3-10,13,18,20H,11-12H2,1-2H3,(H,23,25). The first-order valence-corrected chi connectivity index (χ1v) is 9.12. The van der Waals surface area contributed by atoms with Gasteiger partial charge in [0, 0.05) is 31.3 Å². The highest BCUT2D eigenvalue weighted by Crippen LogP contribution is 2.31. The molecule has 27 heavy (non-hydrogen) atoms. The summed E-state index contributed by atoms with van der Waals surface area (Å²) < 4.78 is 5.53. The summed E-state index contributed by atoms with van der Waals surface area (Å²) in [5.41, 5.74) is 3.59. The predicted molar refractivity (Wildman–Crippen MR) is 104 cm³/mol. The number of nitrogens with one attached hydrogen (secondary N) is 1. The Kier molecular flexibility index (Phi) is 4.44. The number of carbonyl (C=O) groups is 2. The molecule has 1 fully saturated rings. The molecular formula is C22H22N2O3. The highest BCUT2D eigenvalue weighted by atomic mass is 16.3. The molecule has 138 valence electrons. The van der Waals surface area contributed by atoms with Crippen LogP contribution in [0, 0.1) is 6.92 Å². The molecule has 2 amide bonds. The van der Waals surface area contributed by atoms with Crippen molar-refractivity contribution in [2.75, 3.05) is 13.1 Å². The number of carbonyl (C=O) groups excluding carboxylic acids is 2. The lowest BCUT2D eigenvalue weighted by molar-refractivity contribution is -0.119. The molecule has 2 heterocycles. The Hall–Kier alpha value is -3.08. The molecule has 1 aliphatic rings. The molecule has 1 aliphatic heterocycles. The van der Waals surface area contributed by atoms with Crippen molar-refractivity contribution >= 4 is 22.8 Å². The smallest absolute Gasteiger partial charge is 0.257 e. The molecule has 1 saturated heterocycles. The Bertz CT molecular complexity index is 990. The van der Waals surface area contributed by atoms with Gasteiger partial charge in [-0.2, -0.15) is 0 Å². The minimum atomic E-state index is -0.104. The molecule has 5 nitrogen and oxygen atoms in total. The number of rotatable bonds is 3. The highest BCUT2D eigenvalue weighted by molar-refractivity contribution is 6.06. The number of furan rings is 1. The van der Waals surface area contributed by atoms with Crippen LogP contribution < -0.4 is 5.32 Å². The monoisotopic (exact) mass is 362 g/mol. The molecule has 3 aromatic rings. The van der Waals surface area contributed by atoms with Gasteiger partial charge < -0.3 is 14.6 Å². The summed E-state index contributed by atoms with van der Waals surface area (Å²) in [7, 11) is 0. The second-order valence-electron chi connectivity index (χ2n) is 7.18. The van der Waals surface area contributed by atoms with Crippen molar-refractivity contribution < 1.29 is 14.0 Å². The molecule has 2 atom stereocenters. The lowest BCUT2D eigenvalue weighted by atomic mass is 9.93. The maximum absolute atomic E-state index is 13.1. The zero-order valence-corrected chi connectivity index (χ0v) is 15.4. The van der Waals surface area contributed by atoms with Crippen LogP contribution >= 0.6 is 0 Å². The fourth-order valence-electron chi connectivity index (χ4n) is 3.84. The Morgan fingerprint density at radius 3 is 2.56 bits per heavy atom. The third kappa shape index (κ3) is 3.33. The summed E-state index contributed by atoms with van der Waals surface area (Å²) in [5.74, 6) is -0.0818. The van der Waals surface area contributed by atoms with Gasteiger partial charge in [-0.3, -0.25) is 9.59 Å². The molecule has 0 radical (unpaired) electrons. The number of benzene rings is 2. The third-order valence-electron chi connectivity index (χ3n) is 5.21. The van der Waals surface area contributed by atoms with Crippen molar-refractivity contribution in [3.05, 3.63) is 71.5 Å². The molecule has 0 aliphatic carbocycles. The molecule has 0 spiro atoms. The van der Waals surface area contributed by atoms with Gasteiger partial charge in [-0.05, 0) is 18.6 Å². The maximum atomic E-state index is 13.1. The van der Waals surface area contributed by atoms with E-state index in [0.29, 0.717) is 24.2 Å². The number of fused-ring (bicyclic) bond motifs is 1. The zero-order chi connectivity index (χ0) is 19.0. The number of hydrogen-bond donors (Lipinski definition) is 1. The van der Waals surface area contributed by atoms with Crippen molar-refractivity contribution in [2.24, 2.45) is 0 Å². The predicted octanol–water partition coefficient (Wildman–Crippen LogP) is 3.49. The number of para-hydroxylation sites is 1. The Balaban J connectivity index is 1.63. The van der Waals surface area contributed by atoms with E-state index < -0.39 is 0 Å². The van der Waals surface area contributed by atoms with Gasteiger partial charge in [0.2, 0.25) is 5.91 Å². The number of nitrogens with zero attached hydrogens (tertiary/aromatic N) is 1. The van der Waals surface area contributed by atoms with Crippen LogP contribution in [0.1, 0.15) is 34.3 Å². The first-order valence-electron chi connectivity index (χ1n) is 9.12. The Morgan fingerprint density at radius 1 is 1.07 bits per heavy atom. The second kappa shape index (κ2) is 6.91. The number of hydrogen-bond acceptors (Lipinski definition) is 3. The lowest BCUT2D eigenvalue weighted by Crippen LogP contribution is -2.39. The van der Waals surface area contributed by atoms with E-state index in [-0.39, 0.29) is 23.8 Å². The van der Waals surface area contributed by atoms with Gasteiger partial charge in [-0.1, -0.05) is 48.0 Å². The molecule has 2 unspecified atom stereocenters. The van der Waals surface area contributed by atoms with Crippen LogP contribution in [0.2, 0.25) is 0 Å². The molecule has 1 aromatic heterocycles. The minimum Gasteiger partial charge on any atom is -0.463 e. The zero-order valence-electron chi connectivity index (χ0n) is 15.4. The van der Waals surface area contributed by atoms with Crippen LogP contribution in [-0.2, 0) is 4.79 Å². The van der Waals surface area contributed by atoms with E-state index in [9.17, 15) is 9.59 Å². The van der Waals surface area contributed by atoms with Gasteiger partial charge >= 0.3 is 0 Å². The van der Waals surface area contributed by atoms with Crippen molar-refractivity contribution in [3.63, 3.8) is 0 Å². The highest BCUT2D eigenvalue weighted by Gasteiger charge is 2.37. The summed E-state index contributed by atoms with van der Waals surface area (Å²) in [4.78, 5) is 26.6. The fraction of sp³-hybridized carbons (Fsp3) is 0.273. The van der Waals surface area contributed by atoms with Crippen molar-refractivity contribution in [1.29, 1.82) is 0 Å². The largest absolute Gasteiger partial charge is 0.463 e. The summed E-state index contributed by atoms with van der Waals surface area (Å²) in [5, 5.41) is 3.83. The summed E-state index contributed by atoms with van der Waals surface area (Å²) in [6.45, 7) is 4.60. The summed E-state index contributed by atoms with van der Waals surface area (Å²) >= 11 is 0. The lowest BCUT2D eigenvalue weighted by Gasteiger charge is -2.19. The van der Waals surface area contributed by atoms with E-state index >= 15 is 0 Å². The average Bonchev–Trinajstić information content (AvgIpc) is 3.26. The van der Waals surface area contributed by atoms with E-state index in [0.717, 1.165) is 10.9 Å². The van der Waals surface area contributed by atoms with Crippen molar-refractivity contribution in [2.45, 2.75) is 25.8 Å². The van der Waals surface area contributed by atoms with Crippen LogP contribution in [0.5, 0.6) is 0 Å². The first kappa shape index (κ1) is 17.3. The molecule has 0 bridgehead atoms. The van der Waals surface area contributed by atoms with Gasteiger partial charge in [-0.15, -0.1) is 0 Å². The first-order chi connectivity index (χ1) is 13.0. The summed E-state index contributed by atoms with van der Waals surface area (Å²) in [6.07, 6.45) is 1.53. The quantitative estimate of drug-likeness (QED) is 0.776. The van der Waals surface area contributed by atoms with Gasteiger partial charge in [0.15, 0.2) is 0 Å². The van der Waals surface area contributed by atoms with Crippen LogP contribution in [0.4, 0.5) is 0 Å². The molecule has 1 N–H and O–H groups in total. The van der Waals surface area contributed by atoms with Gasteiger partial charge in [0.25, 0.3) is 5.91 Å².